The van der Waals surface area contributed by atoms with Crippen molar-refractivity contribution in [2.24, 2.45) is 0 Å². The zero-order valence-electron chi connectivity index (χ0n) is 40.0. The fraction of sp³-hybridized carbons (Fsp3) is 0. The van der Waals surface area contributed by atoms with Gasteiger partial charge in [0.05, 0.1) is 24.7 Å². The molecule has 0 radical (unpaired) electrons. The van der Waals surface area contributed by atoms with Gasteiger partial charge in [0.15, 0.2) is 0 Å². The number of fused-ring (bicyclic) bond motifs is 6. The smallest absolute Gasteiger partial charge is 0.143 e. The fourth-order valence-corrected chi connectivity index (χ4v) is 5.81. The molecule has 200 valence electrons. The SMILES string of the molecule is [2H]c1c([2H])c([2H])c2c(oc3c(-c4c([2H])c([2H])c(-c5c6c([2H])c([2H])c([2H])c([2H])c6c(-c6ccccc6)c6c([2H])c([2H])c([2H])c([2H])c56)c5c([2H])c([2H])c([2H])c([2H])c45)cccc32)c1[2H]. The molecule has 43 heavy (non-hydrogen) atoms. The lowest BCUT2D eigenvalue weighted by atomic mass is 9.84. The highest BCUT2D eigenvalue weighted by Gasteiger charge is 2.20. The van der Waals surface area contributed by atoms with Crippen molar-refractivity contribution in [3.63, 3.8) is 0 Å². The van der Waals surface area contributed by atoms with Gasteiger partial charge < -0.3 is 4.42 Å². The van der Waals surface area contributed by atoms with Crippen molar-refractivity contribution in [3.05, 3.63) is 157 Å². The van der Waals surface area contributed by atoms with Crippen LogP contribution in [0.15, 0.2) is 162 Å². The van der Waals surface area contributed by atoms with Crippen molar-refractivity contribution in [1.29, 1.82) is 0 Å². The predicted octanol–water partition coefficient (Wildman–Crippen LogP) is 12.0. The van der Waals surface area contributed by atoms with Gasteiger partial charge in [0.2, 0.25) is 0 Å². The molecule has 0 amide bonds. The molecule has 0 fully saturated rings. The Morgan fingerprint density at radius 1 is 0.372 bits per heavy atom. The van der Waals surface area contributed by atoms with Gasteiger partial charge in [-0.05, 0) is 66.2 Å². The zero-order valence-corrected chi connectivity index (χ0v) is 22.0. The van der Waals surface area contributed by atoms with Crippen LogP contribution in [-0.4, -0.2) is 0 Å². The summed E-state index contributed by atoms with van der Waals surface area (Å²) >= 11 is 0. The second-order valence-corrected chi connectivity index (χ2v) is 9.85. The largest absolute Gasteiger partial charge is 0.455 e. The molecular weight excluding hydrogens is 520 g/mol. The van der Waals surface area contributed by atoms with Gasteiger partial charge in [-0.2, -0.15) is 0 Å². The van der Waals surface area contributed by atoms with Crippen molar-refractivity contribution < 1.29 is 29.1 Å². The second kappa shape index (κ2) is 9.44. The van der Waals surface area contributed by atoms with Gasteiger partial charge in [0.1, 0.15) is 11.2 Å². The minimum Gasteiger partial charge on any atom is -0.455 e. The Balaban J connectivity index is 1.60. The Bertz CT molecular complexity index is 3420. The van der Waals surface area contributed by atoms with E-state index in [1.807, 2.05) is 0 Å². The van der Waals surface area contributed by atoms with E-state index in [9.17, 15) is 11.0 Å². The average Bonchev–Trinajstić information content (AvgIpc) is 3.66. The third kappa shape index (κ3) is 3.58. The van der Waals surface area contributed by atoms with E-state index in [1.165, 1.54) is 18.2 Å². The summed E-state index contributed by atoms with van der Waals surface area (Å²) < 4.78 is 168. The first-order valence-corrected chi connectivity index (χ1v) is 13.3. The normalized spacial score (nSPS) is 17.6. The standard InChI is InChI=1S/C42H26O/c1-2-13-27(14-3-1)40-32-18-6-8-20-34(32)41(35-21-9-7-19-33(35)40)36-26-25-30(28-15-4-5-16-29(28)36)37-22-12-23-38-31-17-10-11-24-39(31)43-42(37)38/h1-26H/i4D,5D,6D,7D,8D,9D,10D,11D,15D,16D,17D,18D,19D,20D,21D,24D,25D,26D. The van der Waals surface area contributed by atoms with E-state index in [1.54, 1.807) is 30.3 Å². The first-order chi connectivity index (χ1) is 28.8. The number of rotatable bonds is 3. The highest BCUT2D eigenvalue weighted by Crippen LogP contribution is 2.47. The summed E-state index contributed by atoms with van der Waals surface area (Å²) in [7, 11) is 0. The first-order valence-electron chi connectivity index (χ1n) is 22.3. The molecule has 0 spiro atoms. The molecule has 0 bridgehead atoms. The van der Waals surface area contributed by atoms with Crippen LogP contribution in [-0.2, 0) is 0 Å². The van der Waals surface area contributed by atoms with E-state index < -0.39 is 120 Å². The third-order valence-electron chi connectivity index (χ3n) is 7.60. The van der Waals surface area contributed by atoms with E-state index in [-0.39, 0.29) is 71.1 Å². The van der Waals surface area contributed by atoms with Crippen molar-refractivity contribution >= 4 is 54.3 Å². The van der Waals surface area contributed by atoms with Gasteiger partial charge in [-0.25, -0.2) is 0 Å². The van der Waals surface area contributed by atoms with E-state index in [2.05, 4.69) is 0 Å². The van der Waals surface area contributed by atoms with Gasteiger partial charge in [-0.3, -0.25) is 0 Å². The van der Waals surface area contributed by atoms with E-state index >= 15 is 0 Å². The summed E-state index contributed by atoms with van der Waals surface area (Å²) in [6, 6.07) is 1.02. The van der Waals surface area contributed by atoms with Crippen molar-refractivity contribution in [3.8, 4) is 33.4 Å². The Hall–Kier alpha value is -5.66. The molecule has 8 aromatic carbocycles. The molecular formula is C42H26O. The van der Waals surface area contributed by atoms with Crippen LogP contribution in [0.2, 0.25) is 0 Å². The lowest BCUT2D eigenvalue weighted by molar-refractivity contribution is 0.670. The van der Waals surface area contributed by atoms with Gasteiger partial charge in [0, 0.05) is 16.3 Å². The van der Waals surface area contributed by atoms with Gasteiger partial charge in [0.25, 0.3) is 0 Å². The van der Waals surface area contributed by atoms with Gasteiger partial charge in [-0.15, -0.1) is 0 Å². The lowest BCUT2D eigenvalue weighted by Crippen LogP contribution is -1.92. The van der Waals surface area contributed by atoms with Crippen LogP contribution in [0.3, 0.4) is 0 Å². The molecule has 0 aliphatic heterocycles. The highest BCUT2D eigenvalue weighted by atomic mass is 16.3. The predicted molar refractivity (Wildman–Crippen MR) is 183 cm³/mol. The van der Waals surface area contributed by atoms with Crippen molar-refractivity contribution in [2.75, 3.05) is 0 Å². The molecule has 1 heteroatoms. The Labute approximate surface area is 274 Å². The Morgan fingerprint density at radius 3 is 1.58 bits per heavy atom. The van der Waals surface area contributed by atoms with Crippen LogP contribution in [0.1, 0.15) is 24.7 Å². The molecule has 1 heterocycles. The van der Waals surface area contributed by atoms with Crippen LogP contribution in [0.25, 0.3) is 87.6 Å². The first kappa shape index (κ1) is 12.3. The maximum absolute atomic E-state index is 9.78. The topological polar surface area (TPSA) is 13.1 Å². The molecule has 0 saturated heterocycles. The second-order valence-electron chi connectivity index (χ2n) is 9.85. The van der Waals surface area contributed by atoms with Crippen LogP contribution in [0.5, 0.6) is 0 Å². The number of furan rings is 1. The minimum absolute atomic E-state index is 0.0105. The molecule has 1 aromatic heterocycles. The number of hydrogen-bond acceptors (Lipinski definition) is 1. The molecule has 0 aliphatic carbocycles. The molecule has 0 unspecified atom stereocenters. The molecule has 0 N–H and O–H groups in total. The minimum atomic E-state index is -0.772. The van der Waals surface area contributed by atoms with Crippen LogP contribution >= 0.6 is 0 Å². The lowest BCUT2D eigenvalue weighted by Gasteiger charge is -2.19. The summed E-state index contributed by atoms with van der Waals surface area (Å²) in [5.41, 5.74) is -1.05. The maximum Gasteiger partial charge on any atom is 0.143 e. The van der Waals surface area contributed by atoms with Gasteiger partial charge in [-0.1, -0.05) is 151 Å². The summed E-state index contributed by atoms with van der Waals surface area (Å²) in [6.07, 6.45) is 0. The Morgan fingerprint density at radius 2 is 0.907 bits per heavy atom. The summed E-state index contributed by atoms with van der Waals surface area (Å²) in [5.74, 6) is 0. The van der Waals surface area contributed by atoms with E-state index in [0.29, 0.717) is 5.56 Å². The molecule has 0 saturated carbocycles. The van der Waals surface area contributed by atoms with Crippen LogP contribution in [0, 0.1) is 0 Å². The fourth-order valence-electron chi connectivity index (χ4n) is 5.81. The van der Waals surface area contributed by atoms with Crippen molar-refractivity contribution in [2.45, 2.75) is 0 Å². The zero-order chi connectivity index (χ0) is 44.0. The molecule has 9 rings (SSSR count). The molecule has 9 aromatic rings. The van der Waals surface area contributed by atoms with Gasteiger partial charge >= 0.3 is 0 Å². The van der Waals surface area contributed by atoms with Crippen LogP contribution in [0.4, 0.5) is 0 Å². The summed E-state index contributed by atoms with van der Waals surface area (Å²) in [4.78, 5) is 0. The van der Waals surface area contributed by atoms with Crippen LogP contribution < -0.4 is 0 Å². The maximum atomic E-state index is 9.78. The average molecular weight is 565 g/mol. The van der Waals surface area contributed by atoms with E-state index in [0.717, 1.165) is 0 Å². The number of para-hydroxylation sites is 2. The molecule has 1 nitrogen and oxygen atoms in total. The summed E-state index contributed by atoms with van der Waals surface area (Å²) in [5, 5.41) is -1.58. The number of benzene rings is 8. The van der Waals surface area contributed by atoms with E-state index in [4.69, 9.17) is 18.1 Å². The molecule has 0 aliphatic rings. The number of hydrogen-bond donors (Lipinski definition) is 0. The van der Waals surface area contributed by atoms with Crippen molar-refractivity contribution in [1.82, 2.24) is 0 Å². The highest BCUT2D eigenvalue weighted by molar-refractivity contribution is 6.24. The monoisotopic (exact) mass is 564 g/mol. The molecule has 0 atom stereocenters. The Kier molecular flexibility index (Phi) is 2.70. The quantitative estimate of drug-likeness (QED) is 0.195. The summed E-state index contributed by atoms with van der Waals surface area (Å²) in [6.45, 7) is 0. The third-order valence-corrected chi connectivity index (χ3v) is 7.60.